The quantitative estimate of drug-likeness (QED) is 0.403. The van der Waals surface area contributed by atoms with Crippen molar-refractivity contribution >= 4 is 41.0 Å². The zero-order valence-electron chi connectivity index (χ0n) is 17.2. The molecule has 9 heteroatoms. The highest BCUT2D eigenvalue weighted by Gasteiger charge is 2.60. The summed E-state index contributed by atoms with van der Waals surface area (Å²) >= 11 is 0. The molecule has 2 bridgehead atoms. The molecule has 0 spiro atoms. The van der Waals surface area contributed by atoms with Crippen LogP contribution in [0, 0.1) is 23.7 Å². The third-order valence-corrected chi connectivity index (χ3v) is 6.07. The molecule has 2 fully saturated rings. The molecule has 1 heterocycles. The van der Waals surface area contributed by atoms with Gasteiger partial charge in [0.1, 0.15) is 6.04 Å². The number of imide groups is 1. The van der Waals surface area contributed by atoms with Crippen molar-refractivity contribution in [2.45, 2.75) is 26.3 Å². The van der Waals surface area contributed by atoms with E-state index in [1.165, 1.54) is 13.8 Å². The molecule has 4 amide bonds. The fraction of sp³-hybridized carbons (Fsp3) is 0.409. The molecule has 2 N–H and O–H groups in total. The molecule has 1 aromatic carbocycles. The average molecular weight is 425 g/mol. The monoisotopic (exact) mass is 425 g/mol. The zero-order chi connectivity index (χ0) is 22.3. The van der Waals surface area contributed by atoms with E-state index in [4.69, 9.17) is 4.74 Å². The van der Waals surface area contributed by atoms with Crippen LogP contribution < -0.4 is 10.6 Å². The van der Waals surface area contributed by atoms with E-state index in [2.05, 4.69) is 10.6 Å². The molecule has 31 heavy (non-hydrogen) atoms. The van der Waals surface area contributed by atoms with Gasteiger partial charge in [-0.2, -0.15) is 0 Å². The molecule has 1 saturated heterocycles. The van der Waals surface area contributed by atoms with Crippen molar-refractivity contribution in [2.24, 2.45) is 23.7 Å². The Morgan fingerprint density at radius 2 is 1.52 bits per heavy atom. The molecule has 1 saturated carbocycles. The van der Waals surface area contributed by atoms with Gasteiger partial charge in [0, 0.05) is 18.3 Å². The van der Waals surface area contributed by atoms with E-state index in [-0.39, 0.29) is 41.4 Å². The summed E-state index contributed by atoms with van der Waals surface area (Å²) in [6.45, 7) is 2.28. The smallest absolute Gasteiger partial charge is 0.329 e. The van der Waals surface area contributed by atoms with Crippen molar-refractivity contribution in [3.05, 3.63) is 36.4 Å². The molecule has 4 rings (SSSR count). The zero-order valence-corrected chi connectivity index (χ0v) is 17.2. The van der Waals surface area contributed by atoms with Crippen LogP contribution in [0.5, 0.6) is 0 Å². The van der Waals surface area contributed by atoms with Crippen molar-refractivity contribution in [1.29, 1.82) is 0 Å². The number of hydrogen-bond donors (Lipinski definition) is 2. The largest absolute Gasteiger partial charge is 0.454 e. The fourth-order valence-electron chi connectivity index (χ4n) is 4.71. The van der Waals surface area contributed by atoms with Gasteiger partial charge in [-0.15, -0.1) is 0 Å². The second-order valence-electron chi connectivity index (χ2n) is 8.14. The molecule has 2 aliphatic carbocycles. The van der Waals surface area contributed by atoms with Crippen molar-refractivity contribution in [2.75, 3.05) is 17.2 Å². The predicted octanol–water partition coefficient (Wildman–Crippen LogP) is 1.32. The lowest BCUT2D eigenvalue weighted by molar-refractivity contribution is -0.159. The van der Waals surface area contributed by atoms with Crippen molar-refractivity contribution in [3.8, 4) is 0 Å². The third-order valence-electron chi connectivity index (χ3n) is 6.07. The summed E-state index contributed by atoms with van der Waals surface area (Å²) < 4.78 is 5.04. The van der Waals surface area contributed by atoms with Crippen LogP contribution in [0.25, 0.3) is 0 Å². The number of carbonyl (C=O) groups excluding carboxylic acids is 5. The minimum atomic E-state index is -1.09. The van der Waals surface area contributed by atoms with E-state index in [0.717, 1.165) is 11.3 Å². The number of nitrogens with zero attached hydrogens (tertiary/aromatic N) is 1. The first-order valence-electron chi connectivity index (χ1n) is 10.2. The summed E-state index contributed by atoms with van der Waals surface area (Å²) in [5.74, 6) is -2.91. The lowest BCUT2D eigenvalue weighted by Crippen LogP contribution is -2.45. The molecule has 0 aromatic heterocycles. The number of carbonyl (C=O) groups is 5. The Hall–Kier alpha value is -3.49. The molecule has 3 aliphatic rings. The van der Waals surface area contributed by atoms with Gasteiger partial charge in [0.25, 0.3) is 5.91 Å². The standard InChI is InChI=1S/C22H23N3O6/c1-11(25-20(28)18-13-3-4-14(9-13)19(18)21(25)29)22(30)31-10-17(27)24-16-7-5-15(6-8-16)23-12(2)26/h3-8,11,13-14,18-19H,9-10H2,1-2H3,(H,23,26)(H,24,27)/t11-,13-,14-,18-,19-/m0/s1. The molecule has 5 atom stereocenters. The number of likely N-dealkylation sites (tertiary alicyclic amines) is 1. The van der Waals surface area contributed by atoms with Crippen molar-refractivity contribution in [1.82, 2.24) is 4.90 Å². The maximum atomic E-state index is 12.8. The molecule has 9 nitrogen and oxygen atoms in total. The van der Waals surface area contributed by atoms with Crippen LogP contribution in [0.15, 0.2) is 36.4 Å². The number of anilines is 2. The van der Waals surface area contributed by atoms with Gasteiger partial charge < -0.3 is 15.4 Å². The fourth-order valence-corrected chi connectivity index (χ4v) is 4.71. The summed E-state index contributed by atoms with van der Waals surface area (Å²) in [5.41, 5.74) is 1.04. The number of nitrogens with one attached hydrogen (secondary N) is 2. The van der Waals surface area contributed by atoms with Crippen LogP contribution in [-0.4, -0.2) is 47.1 Å². The normalized spacial score (nSPS) is 26.6. The average Bonchev–Trinajstić information content (AvgIpc) is 3.40. The van der Waals surface area contributed by atoms with E-state index in [1.807, 2.05) is 12.2 Å². The van der Waals surface area contributed by atoms with Crippen LogP contribution in [0.1, 0.15) is 20.3 Å². The second kappa shape index (κ2) is 7.98. The van der Waals surface area contributed by atoms with Crippen molar-refractivity contribution < 1.29 is 28.7 Å². The minimum absolute atomic E-state index is 0.0579. The SMILES string of the molecule is CC(=O)Nc1ccc(NC(=O)COC(=O)[C@H](C)N2C(=O)[C@@H]3[C@@H](C2=O)[C@H]2C=C[C@H]3C2)cc1. The number of allylic oxidation sites excluding steroid dienone is 2. The summed E-state index contributed by atoms with van der Waals surface area (Å²) in [7, 11) is 0. The number of hydrogen-bond acceptors (Lipinski definition) is 6. The Kier molecular flexibility index (Phi) is 5.34. The molecule has 1 aromatic rings. The number of rotatable bonds is 6. The first-order valence-corrected chi connectivity index (χ1v) is 10.2. The van der Waals surface area contributed by atoms with E-state index in [0.29, 0.717) is 11.4 Å². The van der Waals surface area contributed by atoms with Crippen LogP contribution in [0.3, 0.4) is 0 Å². The highest BCUT2D eigenvalue weighted by atomic mass is 16.5. The Morgan fingerprint density at radius 3 is 2.03 bits per heavy atom. The first kappa shape index (κ1) is 20.8. The Bertz CT molecular complexity index is 955. The topological polar surface area (TPSA) is 122 Å². The number of fused-ring (bicyclic) bond motifs is 5. The second-order valence-corrected chi connectivity index (χ2v) is 8.14. The van der Waals surface area contributed by atoms with Gasteiger partial charge >= 0.3 is 5.97 Å². The Labute approximate surface area is 178 Å². The maximum Gasteiger partial charge on any atom is 0.329 e. The molecule has 0 radical (unpaired) electrons. The summed E-state index contributed by atoms with van der Waals surface area (Å²) in [6.07, 6.45) is 4.78. The molecular weight excluding hydrogens is 402 g/mol. The number of ether oxygens (including phenoxy) is 1. The number of esters is 1. The van der Waals surface area contributed by atoms with Gasteiger partial charge in [0.05, 0.1) is 11.8 Å². The molecule has 0 unspecified atom stereocenters. The minimum Gasteiger partial charge on any atom is -0.454 e. The van der Waals surface area contributed by atoms with E-state index >= 15 is 0 Å². The van der Waals surface area contributed by atoms with Gasteiger partial charge in [-0.05, 0) is 49.4 Å². The van der Waals surface area contributed by atoms with Gasteiger partial charge in [-0.1, -0.05) is 12.2 Å². The van der Waals surface area contributed by atoms with Gasteiger partial charge in [-0.25, -0.2) is 4.79 Å². The summed E-state index contributed by atoms with van der Waals surface area (Å²) in [5, 5.41) is 5.18. The molecular formula is C22H23N3O6. The van der Waals surface area contributed by atoms with E-state index in [1.54, 1.807) is 24.3 Å². The van der Waals surface area contributed by atoms with Crippen LogP contribution in [0.2, 0.25) is 0 Å². The lowest BCUT2D eigenvalue weighted by atomic mass is 9.85. The summed E-state index contributed by atoms with van der Waals surface area (Å²) in [6, 6.07) is 5.34. The number of amides is 4. The highest BCUT2D eigenvalue weighted by Crippen LogP contribution is 2.52. The Morgan fingerprint density at radius 1 is 1.00 bits per heavy atom. The third kappa shape index (κ3) is 3.83. The van der Waals surface area contributed by atoms with E-state index in [9.17, 15) is 24.0 Å². The highest BCUT2D eigenvalue weighted by molar-refractivity contribution is 6.09. The molecule has 162 valence electrons. The van der Waals surface area contributed by atoms with Crippen LogP contribution in [0.4, 0.5) is 11.4 Å². The Balaban J connectivity index is 1.29. The van der Waals surface area contributed by atoms with Crippen LogP contribution in [-0.2, 0) is 28.7 Å². The van der Waals surface area contributed by atoms with Crippen LogP contribution >= 0.6 is 0 Å². The maximum absolute atomic E-state index is 12.8. The lowest BCUT2D eigenvalue weighted by Gasteiger charge is -2.23. The van der Waals surface area contributed by atoms with Crippen molar-refractivity contribution in [3.63, 3.8) is 0 Å². The van der Waals surface area contributed by atoms with Gasteiger partial charge in [0.2, 0.25) is 17.7 Å². The first-order chi connectivity index (χ1) is 14.8. The predicted molar refractivity (Wildman–Crippen MR) is 109 cm³/mol. The van der Waals surface area contributed by atoms with E-state index < -0.39 is 24.5 Å². The molecule has 1 aliphatic heterocycles. The number of benzene rings is 1. The van der Waals surface area contributed by atoms with Gasteiger partial charge in [-0.3, -0.25) is 24.1 Å². The summed E-state index contributed by atoms with van der Waals surface area (Å²) in [4.78, 5) is 62.1. The van der Waals surface area contributed by atoms with Gasteiger partial charge in [0.15, 0.2) is 6.61 Å².